The number of aliphatic hydroxyl groups is 1. The molecule has 0 amide bonds. The second-order valence-electron chi connectivity index (χ2n) is 3.97. The van der Waals surface area contributed by atoms with Gasteiger partial charge in [0.1, 0.15) is 0 Å². The number of halogens is 1. The maximum absolute atomic E-state index is 12.9. The first-order valence-corrected chi connectivity index (χ1v) is 5.27. The molecule has 0 spiro atoms. The van der Waals surface area contributed by atoms with Gasteiger partial charge in [-0.15, -0.1) is 0 Å². The summed E-state index contributed by atoms with van der Waals surface area (Å²) in [5.74, 6) is -0.131. The topological polar surface area (TPSA) is 36.4 Å². The van der Waals surface area contributed by atoms with Crippen molar-refractivity contribution in [3.05, 3.63) is 24.3 Å². The van der Waals surface area contributed by atoms with Crippen molar-refractivity contribution in [3.63, 3.8) is 0 Å². The van der Waals surface area contributed by atoms with Crippen LogP contribution in [0.25, 0.3) is 0 Å². The van der Waals surface area contributed by atoms with Crippen molar-refractivity contribution in [2.45, 2.75) is 12.8 Å². The number of hydrogen-bond donors (Lipinski definition) is 1. The third-order valence-corrected chi connectivity index (χ3v) is 2.85. The summed E-state index contributed by atoms with van der Waals surface area (Å²) in [6.07, 6.45) is 3.59. The Kier molecular flexibility index (Phi) is 3.16. The minimum Gasteiger partial charge on any atom is -0.396 e. The van der Waals surface area contributed by atoms with Crippen LogP contribution in [0.4, 0.5) is 10.1 Å². The van der Waals surface area contributed by atoms with Gasteiger partial charge in [0.15, 0.2) is 0 Å². The normalized spacial score (nSPS) is 21.7. The van der Waals surface area contributed by atoms with Gasteiger partial charge in [0.2, 0.25) is 5.95 Å². The molecule has 0 saturated carbocycles. The minimum absolute atomic E-state index is 0.212. The van der Waals surface area contributed by atoms with Crippen LogP contribution in [0.1, 0.15) is 12.8 Å². The second kappa shape index (κ2) is 4.57. The maximum atomic E-state index is 12.9. The fraction of sp³-hybridized carbons (Fsp3) is 0.545. The van der Waals surface area contributed by atoms with Crippen molar-refractivity contribution in [2.24, 2.45) is 5.92 Å². The number of rotatable bonds is 2. The van der Waals surface area contributed by atoms with Crippen molar-refractivity contribution in [2.75, 3.05) is 24.6 Å². The number of pyridine rings is 1. The van der Waals surface area contributed by atoms with E-state index < -0.39 is 5.95 Å². The summed E-state index contributed by atoms with van der Waals surface area (Å²) in [5.41, 5.74) is 0.862. The summed E-state index contributed by atoms with van der Waals surface area (Å²) in [5, 5.41) is 9.10. The highest BCUT2D eigenvalue weighted by Gasteiger charge is 2.19. The van der Waals surface area contributed by atoms with E-state index in [2.05, 4.69) is 9.88 Å². The smallest absolute Gasteiger partial charge is 0.214 e. The number of piperidine rings is 1. The maximum Gasteiger partial charge on any atom is 0.214 e. The van der Waals surface area contributed by atoms with E-state index in [0.29, 0.717) is 5.92 Å². The average molecular weight is 210 g/mol. The van der Waals surface area contributed by atoms with Crippen LogP contribution in [0.5, 0.6) is 0 Å². The summed E-state index contributed by atoms with van der Waals surface area (Å²) in [6.45, 7) is 1.95. The Balaban J connectivity index is 2.09. The summed E-state index contributed by atoms with van der Waals surface area (Å²) < 4.78 is 12.9. The predicted molar refractivity (Wildman–Crippen MR) is 56.2 cm³/mol. The zero-order valence-corrected chi connectivity index (χ0v) is 8.56. The van der Waals surface area contributed by atoms with Gasteiger partial charge in [-0.25, -0.2) is 4.98 Å². The highest BCUT2D eigenvalue weighted by molar-refractivity contribution is 5.45. The van der Waals surface area contributed by atoms with E-state index in [4.69, 9.17) is 5.11 Å². The largest absolute Gasteiger partial charge is 0.396 e. The van der Waals surface area contributed by atoms with Crippen molar-refractivity contribution in [3.8, 4) is 0 Å². The first-order valence-electron chi connectivity index (χ1n) is 5.27. The van der Waals surface area contributed by atoms with Gasteiger partial charge in [-0.2, -0.15) is 4.39 Å². The molecule has 0 radical (unpaired) electrons. The van der Waals surface area contributed by atoms with Crippen LogP contribution < -0.4 is 4.90 Å². The lowest BCUT2D eigenvalue weighted by Crippen LogP contribution is -2.36. The molecule has 15 heavy (non-hydrogen) atoms. The lowest BCUT2D eigenvalue weighted by atomic mass is 9.99. The SMILES string of the molecule is OC[C@H]1CCCN(c2ccnc(F)c2)C1. The zero-order valence-electron chi connectivity index (χ0n) is 8.56. The predicted octanol–water partition coefficient (Wildman–Crippen LogP) is 1.43. The number of hydrogen-bond acceptors (Lipinski definition) is 3. The summed E-state index contributed by atoms with van der Waals surface area (Å²) in [4.78, 5) is 5.64. The van der Waals surface area contributed by atoms with E-state index in [-0.39, 0.29) is 6.61 Å². The lowest BCUT2D eigenvalue weighted by Gasteiger charge is -2.33. The molecule has 1 N–H and O–H groups in total. The Morgan fingerprint density at radius 1 is 1.60 bits per heavy atom. The van der Waals surface area contributed by atoms with Gasteiger partial charge < -0.3 is 10.0 Å². The number of anilines is 1. The van der Waals surface area contributed by atoms with E-state index in [1.165, 1.54) is 12.3 Å². The molecule has 0 aliphatic carbocycles. The molecule has 0 aromatic carbocycles. The van der Waals surface area contributed by atoms with Gasteiger partial charge in [0.25, 0.3) is 0 Å². The van der Waals surface area contributed by atoms with Crippen LogP contribution in [-0.4, -0.2) is 29.8 Å². The molecule has 2 rings (SSSR count). The fourth-order valence-corrected chi connectivity index (χ4v) is 2.04. The van der Waals surface area contributed by atoms with Crippen LogP contribution in [0.2, 0.25) is 0 Å². The lowest BCUT2D eigenvalue weighted by molar-refractivity contribution is 0.208. The highest BCUT2D eigenvalue weighted by Crippen LogP contribution is 2.22. The van der Waals surface area contributed by atoms with E-state index in [9.17, 15) is 4.39 Å². The van der Waals surface area contributed by atoms with Crippen LogP contribution in [0.3, 0.4) is 0 Å². The number of nitrogens with zero attached hydrogens (tertiary/aromatic N) is 2. The van der Waals surface area contributed by atoms with Crippen LogP contribution >= 0.6 is 0 Å². The average Bonchev–Trinajstić information content (AvgIpc) is 2.29. The standard InChI is InChI=1S/C11H15FN2O/c12-11-6-10(3-4-13-11)14-5-1-2-9(7-14)8-15/h3-4,6,9,15H,1-2,5,7-8H2/t9-/m0/s1. The molecule has 1 aliphatic rings. The monoisotopic (exact) mass is 210 g/mol. The molecule has 0 unspecified atom stereocenters. The minimum atomic E-state index is -0.446. The summed E-state index contributed by atoms with van der Waals surface area (Å²) >= 11 is 0. The Morgan fingerprint density at radius 3 is 3.20 bits per heavy atom. The number of aromatic nitrogens is 1. The van der Waals surface area contributed by atoms with Crippen molar-refractivity contribution in [1.82, 2.24) is 4.98 Å². The fourth-order valence-electron chi connectivity index (χ4n) is 2.04. The third-order valence-electron chi connectivity index (χ3n) is 2.85. The molecular formula is C11H15FN2O. The molecule has 0 bridgehead atoms. The first-order chi connectivity index (χ1) is 7.29. The molecule has 4 heteroatoms. The molecule has 1 saturated heterocycles. The van der Waals surface area contributed by atoms with Crippen molar-refractivity contribution >= 4 is 5.69 Å². The molecule has 1 aromatic rings. The Bertz CT molecular complexity index is 332. The molecule has 2 heterocycles. The molecular weight excluding hydrogens is 195 g/mol. The van der Waals surface area contributed by atoms with Gasteiger partial charge in [-0.05, 0) is 24.8 Å². The van der Waals surface area contributed by atoms with Crippen molar-refractivity contribution in [1.29, 1.82) is 0 Å². The van der Waals surface area contributed by atoms with E-state index >= 15 is 0 Å². The molecule has 1 fully saturated rings. The van der Waals surface area contributed by atoms with Gasteiger partial charge in [0, 0.05) is 37.6 Å². The van der Waals surface area contributed by atoms with Gasteiger partial charge in [0.05, 0.1) is 0 Å². The molecule has 82 valence electrons. The Morgan fingerprint density at radius 2 is 2.47 bits per heavy atom. The summed E-state index contributed by atoms with van der Waals surface area (Å²) in [7, 11) is 0. The molecule has 1 aliphatic heterocycles. The third kappa shape index (κ3) is 2.45. The summed E-state index contributed by atoms with van der Waals surface area (Å²) in [6, 6.07) is 3.25. The van der Waals surface area contributed by atoms with Crippen LogP contribution in [0.15, 0.2) is 18.3 Å². The quantitative estimate of drug-likeness (QED) is 0.750. The van der Waals surface area contributed by atoms with Crippen LogP contribution in [-0.2, 0) is 0 Å². The van der Waals surface area contributed by atoms with Gasteiger partial charge in [-0.1, -0.05) is 0 Å². The van der Waals surface area contributed by atoms with Crippen LogP contribution in [0, 0.1) is 11.9 Å². The van der Waals surface area contributed by atoms with E-state index in [1.54, 1.807) is 0 Å². The highest BCUT2D eigenvalue weighted by atomic mass is 19.1. The van der Waals surface area contributed by atoms with E-state index in [1.807, 2.05) is 6.07 Å². The molecule has 3 nitrogen and oxygen atoms in total. The molecule has 1 atom stereocenters. The second-order valence-corrected chi connectivity index (χ2v) is 3.97. The van der Waals surface area contributed by atoms with E-state index in [0.717, 1.165) is 31.6 Å². The number of aliphatic hydroxyl groups excluding tert-OH is 1. The Labute approximate surface area is 88.6 Å². The van der Waals surface area contributed by atoms with Crippen molar-refractivity contribution < 1.29 is 9.50 Å². The first kappa shape index (κ1) is 10.4. The Hall–Kier alpha value is -1.16. The molecule has 1 aromatic heterocycles. The zero-order chi connectivity index (χ0) is 10.7. The van der Waals surface area contributed by atoms with Gasteiger partial charge >= 0.3 is 0 Å². The van der Waals surface area contributed by atoms with Gasteiger partial charge in [-0.3, -0.25) is 0 Å².